The summed E-state index contributed by atoms with van der Waals surface area (Å²) < 4.78 is 12.0. The van der Waals surface area contributed by atoms with Crippen LogP contribution >= 0.6 is 87.7 Å². The average Bonchev–Trinajstić information content (AvgIpc) is 4.40. The molecule has 1 amide bonds. The van der Waals surface area contributed by atoms with Crippen LogP contribution in [-0.2, 0) is 17.8 Å². The molecule has 0 aliphatic carbocycles. The number of thioether (sulfide) groups is 1. The molecular weight excluding hydrogens is 1210 g/mol. The third-order valence-electron chi connectivity index (χ3n) is 11.9. The molecule has 0 saturated carbocycles. The maximum absolute atomic E-state index is 12.9. The van der Waals surface area contributed by atoms with E-state index in [0.717, 1.165) is 51.3 Å². The van der Waals surface area contributed by atoms with E-state index in [4.69, 9.17) is 50.9 Å². The molecule has 0 atom stereocenters. The molecule has 1 saturated heterocycles. The molecule has 0 spiro atoms. The van der Waals surface area contributed by atoms with E-state index in [2.05, 4.69) is 81.0 Å². The molecule has 0 bridgehead atoms. The van der Waals surface area contributed by atoms with Crippen LogP contribution in [0.1, 0.15) is 61.6 Å². The summed E-state index contributed by atoms with van der Waals surface area (Å²) in [5.41, 5.74) is 14.4. The number of phenols is 1. The van der Waals surface area contributed by atoms with E-state index in [0.29, 0.717) is 54.2 Å². The molecule has 3 aromatic heterocycles. The molecule has 2 aliphatic heterocycles. The van der Waals surface area contributed by atoms with Gasteiger partial charge in [0, 0.05) is 39.9 Å². The van der Waals surface area contributed by atoms with Gasteiger partial charge in [-0.25, -0.2) is 9.99 Å². The fraction of sp³-hybridized carbons (Fsp3) is 0.138. The van der Waals surface area contributed by atoms with Crippen molar-refractivity contribution in [3.05, 3.63) is 229 Å². The van der Waals surface area contributed by atoms with Crippen molar-refractivity contribution in [3.63, 3.8) is 0 Å². The number of thiol groups is 1. The van der Waals surface area contributed by atoms with Crippen LogP contribution in [0.2, 0.25) is 5.02 Å². The number of carbonyl (C=O) groups is 2. The monoisotopic (exact) mass is 1260 g/mol. The number of hydrazone groups is 1. The highest BCUT2D eigenvalue weighted by Gasteiger charge is 2.34. The normalized spacial score (nSPS) is 13.8. The summed E-state index contributed by atoms with van der Waals surface area (Å²) in [6, 6.07) is 35.2. The van der Waals surface area contributed by atoms with Gasteiger partial charge in [-0.2, -0.15) is 14.9 Å². The Kier molecular flexibility index (Phi) is 21.0. The molecule has 81 heavy (non-hydrogen) atoms. The Morgan fingerprint density at radius 2 is 1.65 bits per heavy atom. The van der Waals surface area contributed by atoms with Crippen LogP contribution in [0.4, 0.5) is 17.1 Å². The molecule has 16 nitrogen and oxygen atoms in total. The van der Waals surface area contributed by atoms with Gasteiger partial charge in [-0.05, 0) is 117 Å². The van der Waals surface area contributed by atoms with Gasteiger partial charge < -0.3 is 20.0 Å². The number of methoxy groups -OCH3 is 1. The quantitative estimate of drug-likeness (QED) is 0.0274. The van der Waals surface area contributed by atoms with E-state index in [1.807, 2.05) is 74.3 Å². The molecule has 8 aromatic rings. The maximum Gasteiger partial charge on any atom is 0.314 e. The Morgan fingerprint density at radius 3 is 2.28 bits per heavy atom. The summed E-state index contributed by atoms with van der Waals surface area (Å²) in [6.45, 7) is 10.0. The molecule has 0 radical (unpaired) electrons. The molecule has 3 N–H and O–H groups in total. The Bertz CT molecular complexity index is 3850. The number of ether oxygens (including phenoxy) is 1. The van der Waals surface area contributed by atoms with Crippen molar-refractivity contribution in [2.24, 2.45) is 10.8 Å². The van der Waals surface area contributed by atoms with Crippen molar-refractivity contribution in [1.82, 2.24) is 14.8 Å². The summed E-state index contributed by atoms with van der Waals surface area (Å²) >= 11 is 26.4. The average molecular weight is 1260 g/mol. The number of ketones is 1. The van der Waals surface area contributed by atoms with Crippen LogP contribution in [0.25, 0.3) is 11.8 Å². The number of aromatic hydroxyl groups is 1. The molecule has 23 heteroatoms. The topological polar surface area (TPSA) is 213 Å². The minimum atomic E-state index is -0.567. The number of hydrogen-bond donors (Lipinski definition) is 3. The van der Waals surface area contributed by atoms with E-state index in [-0.39, 0.29) is 49.4 Å². The van der Waals surface area contributed by atoms with Gasteiger partial charge in [0.1, 0.15) is 22.3 Å². The fourth-order valence-corrected chi connectivity index (χ4v) is 11.0. The number of amides is 1. The second-order valence-corrected chi connectivity index (χ2v) is 22.4. The second-order valence-electron chi connectivity index (χ2n) is 17.7. The number of para-hydroxylation sites is 1. The number of nitrogens with two attached hydrogens (primary N) is 1. The number of nitrogens with zero attached hydrogens (tertiary/aromatic N) is 7. The molecular formula is C58H50BrClN8O8S5. The number of nitro groups is 1. The lowest BCUT2D eigenvalue weighted by molar-refractivity contribution is -0.385. The third kappa shape index (κ3) is 15.1. The lowest BCUT2D eigenvalue weighted by Gasteiger charge is -2.17. The summed E-state index contributed by atoms with van der Waals surface area (Å²) in [5.74, 6) is 0.744. The van der Waals surface area contributed by atoms with Crippen LogP contribution < -0.4 is 25.9 Å². The van der Waals surface area contributed by atoms with Gasteiger partial charge in [-0.3, -0.25) is 29.4 Å². The van der Waals surface area contributed by atoms with E-state index in [9.17, 15) is 29.6 Å². The smallest absolute Gasteiger partial charge is 0.314 e. The zero-order valence-electron chi connectivity index (χ0n) is 44.1. The van der Waals surface area contributed by atoms with Crippen molar-refractivity contribution in [2.75, 3.05) is 17.0 Å². The number of non-ortho nitro benzene ring substituents is 1. The van der Waals surface area contributed by atoms with Crippen LogP contribution in [0, 0.1) is 37.8 Å². The Labute approximate surface area is 504 Å². The van der Waals surface area contributed by atoms with Gasteiger partial charge in [-0.15, -0.1) is 24.0 Å². The van der Waals surface area contributed by atoms with E-state index in [1.54, 1.807) is 48.8 Å². The summed E-state index contributed by atoms with van der Waals surface area (Å²) in [4.78, 5) is 54.2. The van der Waals surface area contributed by atoms with Crippen molar-refractivity contribution in [3.8, 4) is 17.2 Å². The highest BCUT2D eigenvalue weighted by molar-refractivity contribution is 9.10. The van der Waals surface area contributed by atoms with E-state index >= 15 is 0 Å². The van der Waals surface area contributed by atoms with E-state index < -0.39 is 4.92 Å². The number of anilines is 2. The second kappa shape index (κ2) is 27.8. The number of halogens is 2. The first-order chi connectivity index (χ1) is 38.7. The number of thiocarbonyl (C=S) groups is 2. The Morgan fingerprint density at radius 1 is 0.951 bits per heavy atom. The number of furan rings is 1. The number of rotatable bonds is 11. The predicted molar refractivity (Wildman–Crippen MR) is 337 cm³/mol. The molecule has 10 rings (SSSR count). The van der Waals surface area contributed by atoms with Crippen LogP contribution in [-0.4, -0.2) is 58.6 Å². The van der Waals surface area contributed by atoms with Crippen molar-refractivity contribution < 1.29 is 28.8 Å². The summed E-state index contributed by atoms with van der Waals surface area (Å²) in [5, 5.41) is 34.4. The van der Waals surface area contributed by atoms with Gasteiger partial charge in [0.15, 0.2) is 9.33 Å². The standard InChI is InChI=1S/C19H18N2S.C18H13BrN2O4S2.C11H9ClN2O2S.C10H10N2O2S/c1-14-8-10-16(11-9-14)12-13-18-15(2)20-21(19(18)22)17-6-4-3-5-7-17;1-9-3-4-14(10(2)5-9)20-17(23)15(27-18(20)26)7-11-6-12(21(24)25)8-13(19)16(11)22;1-16-10-9(17)6-13-14(11(10)15)8-4-2-3-7(12)5-8;1-6-8(4-7(5-11)14-6)9(13)10-12-2-3-15-10/h3-11,13H,12H2,1-2H3;3-8,22H,1-2H3;2-6,17H,1H3;2-4H,5,11H2,1H3/b18-13+;15-7-;;. The van der Waals surface area contributed by atoms with Crippen LogP contribution in [0.15, 0.2) is 173 Å². The van der Waals surface area contributed by atoms with Crippen LogP contribution in [0.3, 0.4) is 0 Å². The van der Waals surface area contributed by atoms with Crippen molar-refractivity contribution >= 4 is 138 Å². The van der Waals surface area contributed by atoms with E-state index in [1.165, 1.54) is 63.6 Å². The molecule has 0 unspecified atom stereocenters. The number of nitro benzene ring substituents is 1. The van der Waals surface area contributed by atoms with Gasteiger partial charge in [0.25, 0.3) is 11.6 Å². The zero-order valence-corrected chi connectivity index (χ0v) is 50.6. The molecule has 414 valence electrons. The SMILES string of the molecule is CC1=NN(c2ccccc2)C(=S)/C1=C/Cc1ccc(C)cc1.COc1c(S)cnn(-c2cccc(Cl)c2)c1=O.Cc1ccc(N2C(=O)/C(=C/c3cc([N+](=O)[O-])cc(Br)c3O)SC2=S)c(C)c1.Cc1oc(CN)cc1C(=O)c1nccs1. The highest BCUT2D eigenvalue weighted by Crippen LogP contribution is 2.40. The number of aryl methyl sites for hydroxylation is 4. The van der Waals surface area contributed by atoms with Gasteiger partial charge in [0.05, 0.1) is 67.4 Å². The highest BCUT2D eigenvalue weighted by atomic mass is 79.9. The largest absolute Gasteiger partial charge is 0.506 e. The molecule has 1 fully saturated rings. The number of phenolic OH excluding ortho intramolecular Hbond substituents is 1. The summed E-state index contributed by atoms with van der Waals surface area (Å²) in [7, 11) is 1.42. The van der Waals surface area contributed by atoms with Gasteiger partial charge >= 0.3 is 5.56 Å². The number of allylic oxidation sites excluding steroid dienone is 1. The van der Waals surface area contributed by atoms with Crippen molar-refractivity contribution in [1.29, 1.82) is 0 Å². The number of benzene rings is 5. The number of carbonyl (C=O) groups excluding carboxylic acids is 2. The molecule has 2 aliphatic rings. The number of hydrogen-bond acceptors (Lipinski definition) is 17. The maximum atomic E-state index is 12.9. The lowest BCUT2D eigenvalue weighted by atomic mass is 10.1. The third-order valence-corrected chi connectivity index (χ3v) is 15.5. The number of thiazole rings is 1. The fourth-order valence-electron chi connectivity index (χ4n) is 7.87. The van der Waals surface area contributed by atoms with Crippen LogP contribution in [0.5, 0.6) is 11.5 Å². The zero-order chi connectivity index (χ0) is 58.7. The van der Waals surface area contributed by atoms with Crippen molar-refractivity contribution in [2.45, 2.75) is 52.5 Å². The lowest BCUT2D eigenvalue weighted by Crippen LogP contribution is -2.28. The first-order valence-electron chi connectivity index (χ1n) is 24.3. The minimum absolute atomic E-state index is 0.106. The Hall–Kier alpha value is -7.41. The van der Waals surface area contributed by atoms with Gasteiger partial charge in [0.2, 0.25) is 11.5 Å². The predicted octanol–water partition coefficient (Wildman–Crippen LogP) is 13.7. The first kappa shape index (κ1) is 61.2. The first-order valence-corrected chi connectivity index (χ1v) is 28.4. The summed E-state index contributed by atoms with van der Waals surface area (Å²) in [6.07, 6.45) is 7.51. The molecule has 5 aromatic carbocycles. The van der Waals surface area contributed by atoms with Gasteiger partial charge in [-0.1, -0.05) is 126 Å². The minimum Gasteiger partial charge on any atom is -0.506 e. The Balaban J connectivity index is 0.000000160. The molecule has 5 heterocycles. The number of aromatic nitrogens is 3.